The van der Waals surface area contributed by atoms with Gasteiger partial charge in [-0.2, -0.15) is 11.3 Å². The number of aliphatic hydroxyl groups is 1. The van der Waals surface area contributed by atoms with Gasteiger partial charge in [0.25, 0.3) is 0 Å². The van der Waals surface area contributed by atoms with Gasteiger partial charge in [0.15, 0.2) is 5.78 Å². The molecule has 0 bridgehead atoms. The topological polar surface area (TPSA) is 55.1 Å². The molecular formula is C32H23IrN2O2S-. The summed E-state index contributed by atoms with van der Waals surface area (Å²) >= 11 is 1.84. The molecule has 0 saturated carbocycles. The molecule has 1 radical (unpaired) electrons. The van der Waals surface area contributed by atoms with Crippen molar-refractivity contribution in [3.8, 4) is 5.69 Å². The van der Waals surface area contributed by atoms with Gasteiger partial charge in [0.2, 0.25) is 0 Å². The molecule has 189 valence electrons. The molecule has 3 heterocycles. The Hall–Kier alpha value is -3.83. The van der Waals surface area contributed by atoms with Crippen molar-refractivity contribution in [3.05, 3.63) is 109 Å². The van der Waals surface area contributed by atoms with E-state index in [0.29, 0.717) is 0 Å². The second-order valence-corrected chi connectivity index (χ2v) is 10.0. The summed E-state index contributed by atoms with van der Waals surface area (Å²) in [5, 5.41) is 13.1. The molecular weight excluding hydrogens is 669 g/mol. The maximum Gasteiger partial charge on any atom is 0.155 e. The fraction of sp³-hybridized carbons (Fsp3) is 0.0625. The van der Waals surface area contributed by atoms with E-state index >= 15 is 0 Å². The normalized spacial score (nSPS) is 11.6. The van der Waals surface area contributed by atoms with Gasteiger partial charge >= 0.3 is 0 Å². The number of nitrogens with zero attached hydrogens (tertiary/aromatic N) is 2. The van der Waals surface area contributed by atoms with Gasteiger partial charge in [0.05, 0.1) is 11.3 Å². The number of ketones is 1. The number of allylic oxidation sites excluding steroid dienone is 2. The van der Waals surface area contributed by atoms with Crippen LogP contribution in [0, 0.1) is 6.07 Å². The summed E-state index contributed by atoms with van der Waals surface area (Å²) < 4.78 is 4.93. The monoisotopic (exact) mass is 692 g/mol. The van der Waals surface area contributed by atoms with Crippen LogP contribution in [-0.2, 0) is 24.9 Å². The Labute approximate surface area is 237 Å². The number of para-hydroxylation sites is 2. The van der Waals surface area contributed by atoms with Crippen molar-refractivity contribution in [2.75, 3.05) is 0 Å². The average molecular weight is 692 g/mol. The van der Waals surface area contributed by atoms with Gasteiger partial charge in [-0.1, -0.05) is 47.9 Å². The molecule has 3 aromatic heterocycles. The summed E-state index contributed by atoms with van der Waals surface area (Å²) in [6.07, 6.45) is 1.17. The Morgan fingerprint density at radius 1 is 0.895 bits per heavy atom. The van der Waals surface area contributed by atoms with Crippen molar-refractivity contribution < 1.29 is 30.0 Å². The Bertz CT molecular complexity index is 1980. The number of pyridine rings is 1. The molecule has 0 atom stereocenters. The number of hydrogen-bond donors (Lipinski definition) is 1. The quantitative estimate of drug-likeness (QED) is 0.112. The molecule has 0 fully saturated rings. The molecule has 1 N–H and O–H groups in total. The molecule has 0 unspecified atom stereocenters. The van der Waals surface area contributed by atoms with Crippen molar-refractivity contribution in [1.29, 1.82) is 0 Å². The predicted octanol–water partition coefficient (Wildman–Crippen LogP) is 8.53. The van der Waals surface area contributed by atoms with Gasteiger partial charge in [0, 0.05) is 58.5 Å². The second-order valence-electron chi connectivity index (χ2n) is 8.96. The van der Waals surface area contributed by atoms with Gasteiger partial charge < -0.3 is 9.67 Å². The summed E-state index contributed by atoms with van der Waals surface area (Å²) in [6.45, 7) is 2.85. The van der Waals surface area contributed by atoms with Gasteiger partial charge in [-0.05, 0) is 60.3 Å². The SMILES string of the molecule is CC(=O)/C=C(/C)O.[Ir].[c-]1ccc2sc3cccc4c3c2c1c1nc2ccccc2cc1n4-c1ccccc1. The van der Waals surface area contributed by atoms with Crippen molar-refractivity contribution in [1.82, 2.24) is 9.55 Å². The number of aliphatic hydroxyl groups excluding tert-OH is 1. The van der Waals surface area contributed by atoms with Gasteiger partial charge in [0.1, 0.15) is 0 Å². The van der Waals surface area contributed by atoms with Crippen molar-refractivity contribution >= 4 is 70.1 Å². The minimum Gasteiger partial charge on any atom is -0.512 e. The molecule has 0 amide bonds. The number of benzene rings is 4. The van der Waals surface area contributed by atoms with E-state index in [0.717, 1.165) is 33.0 Å². The van der Waals surface area contributed by atoms with E-state index in [1.54, 1.807) is 0 Å². The van der Waals surface area contributed by atoms with Crippen LogP contribution in [0.2, 0.25) is 0 Å². The predicted molar refractivity (Wildman–Crippen MR) is 155 cm³/mol. The number of carbonyl (C=O) groups is 1. The standard InChI is InChI=1S/C27H15N2S.C5H8O2.Ir/c1-2-9-18(10-3-1)29-21-13-7-15-24-26(21)25-19(11-6-14-23(25)30-24)27-22(29)16-17-8-4-5-12-20(17)28-27;1-4(6)3-5(2)7;/h1-10,12-16H;3,6H,1-2H3;/q-1;;/b;4-3-;. The smallest absolute Gasteiger partial charge is 0.155 e. The van der Waals surface area contributed by atoms with E-state index in [1.807, 2.05) is 17.4 Å². The largest absolute Gasteiger partial charge is 0.512 e. The molecule has 38 heavy (non-hydrogen) atoms. The fourth-order valence-electron chi connectivity index (χ4n) is 4.90. The number of thiophene rings is 1. The van der Waals surface area contributed by atoms with E-state index < -0.39 is 0 Å². The molecule has 6 heteroatoms. The second kappa shape index (κ2) is 10.5. The fourth-order valence-corrected chi connectivity index (χ4v) is 6.03. The molecule has 0 aliphatic carbocycles. The van der Waals surface area contributed by atoms with Crippen LogP contribution in [0.4, 0.5) is 0 Å². The van der Waals surface area contributed by atoms with Crippen LogP contribution in [0.25, 0.3) is 58.7 Å². The zero-order valence-corrected chi connectivity index (χ0v) is 23.9. The summed E-state index contributed by atoms with van der Waals surface area (Å²) in [4.78, 5) is 15.2. The van der Waals surface area contributed by atoms with Crippen LogP contribution in [0.15, 0.2) is 103 Å². The van der Waals surface area contributed by atoms with Crippen LogP contribution in [0.5, 0.6) is 0 Å². The summed E-state index contributed by atoms with van der Waals surface area (Å²) in [5.41, 5.74) is 5.42. The first-order valence-electron chi connectivity index (χ1n) is 12.0. The minimum absolute atomic E-state index is 0. The first-order valence-corrected chi connectivity index (χ1v) is 12.8. The molecule has 7 rings (SSSR count). The van der Waals surface area contributed by atoms with Crippen LogP contribution in [0.1, 0.15) is 13.8 Å². The molecule has 0 aliphatic rings. The molecule has 0 spiro atoms. The van der Waals surface area contributed by atoms with Gasteiger partial charge in [-0.15, -0.1) is 23.6 Å². The Kier molecular flexibility index (Phi) is 7.13. The molecule has 0 aliphatic heterocycles. The Morgan fingerprint density at radius 3 is 2.37 bits per heavy atom. The molecule has 7 aromatic rings. The summed E-state index contributed by atoms with van der Waals surface area (Å²) in [6, 6.07) is 35.5. The van der Waals surface area contributed by atoms with Crippen LogP contribution < -0.4 is 0 Å². The summed E-state index contributed by atoms with van der Waals surface area (Å²) in [7, 11) is 0. The van der Waals surface area contributed by atoms with E-state index in [4.69, 9.17) is 10.1 Å². The van der Waals surface area contributed by atoms with Gasteiger partial charge in [-0.3, -0.25) is 9.78 Å². The maximum absolute atomic E-state index is 10.0. The van der Waals surface area contributed by atoms with E-state index in [2.05, 4.69) is 95.6 Å². The van der Waals surface area contributed by atoms with E-state index in [-0.39, 0.29) is 31.6 Å². The summed E-state index contributed by atoms with van der Waals surface area (Å²) in [5.74, 6) is -0.0625. The Morgan fingerprint density at radius 2 is 1.63 bits per heavy atom. The van der Waals surface area contributed by atoms with Gasteiger partial charge in [-0.25, -0.2) is 0 Å². The third-order valence-electron chi connectivity index (χ3n) is 6.28. The zero-order chi connectivity index (χ0) is 25.5. The minimum atomic E-state index is -0.125. The first kappa shape index (κ1) is 25.8. The van der Waals surface area contributed by atoms with E-state index in [1.165, 1.54) is 45.6 Å². The first-order chi connectivity index (χ1) is 18.0. The van der Waals surface area contributed by atoms with Crippen molar-refractivity contribution in [3.63, 3.8) is 0 Å². The van der Waals surface area contributed by atoms with Crippen molar-refractivity contribution in [2.45, 2.75) is 13.8 Å². The maximum atomic E-state index is 10.0. The zero-order valence-electron chi connectivity index (χ0n) is 20.7. The average Bonchev–Trinajstić information content (AvgIpc) is 3.23. The third-order valence-corrected chi connectivity index (χ3v) is 7.40. The number of carbonyl (C=O) groups excluding carboxylic acids is 1. The third kappa shape index (κ3) is 4.52. The van der Waals surface area contributed by atoms with Crippen molar-refractivity contribution in [2.24, 2.45) is 0 Å². The number of fused-ring (bicyclic) bond motifs is 3. The van der Waals surface area contributed by atoms with E-state index in [9.17, 15) is 4.79 Å². The number of rotatable bonds is 2. The Balaban J connectivity index is 0.000000329. The molecule has 4 aromatic carbocycles. The van der Waals surface area contributed by atoms with Crippen LogP contribution >= 0.6 is 11.3 Å². The number of hydrogen-bond acceptors (Lipinski definition) is 4. The molecule has 0 saturated heterocycles. The van der Waals surface area contributed by atoms with Crippen LogP contribution in [0.3, 0.4) is 0 Å². The molecule has 4 nitrogen and oxygen atoms in total. The van der Waals surface area contributed by atoms with Crippen LogP contribution in [-0.4, -0.2) is 20.4 Å². The number of aromatic nitrogens is 2.